The summed E-state index contributed by atoms with van der Waals surface area (Å²) in [5, 5.41) is 4.79. The van der Waals surface area contributed by atoms with Gasteiger partial charge in [0.1, 0.15) is 0 Å². The topological polar surface area (TPSA) is 21.3 Å². The molecule has 0 aliphatic rings. The minimum atomic E-state index is -1.81. The lowest BCUT2D eigenvalue weighted by molar-refractivity contribution is 0.188. The van der Waals surface area contributed by atoms with Gasteiger partial charge in [0.15, 0.2) is 8.32 Å². The van der Waals surface area contributed by atoms with E-state index in [0.29, 0.717) is 23.1 Å². The molecule has 1 aromatic carbocycles. The predicted molar refractivity (Wildman–Crippen MR) is 122 cm³/mol. The van der Waals surface area contributed by atoms with Crippen LogP contribution in [0.2, 0.25) is 28.2 Å². The van der Waals surface area contributed by atoms with E-state index in [1.54, 1.807) is 0 Å². The van der Waals surface area contributed by atoms with Crippen LogP contribution in [0.15, 0.2) is 12.1 Å². The lowest BCUT2D eigenvalue weighted by Gasteiger charge is -2.34. The van der Waals surface area contributed by atoms with Crippen molar-refractivity contribution in [3.8, 4) is 11.8 Å². The van der Waals surface area contributed by atoms with Crippen LogP contribution in [0.4, 0.5) is 0 Å². The van der Waals surface area contributed by atoms with Crippen molar-refractivity contribution in [1.82, 2.24) is 5.32 Å². The van der Waals surface area contributed by atoms with E-state index in [1.165, 1.54) is 0 Å². The molecular weight excluding hydrogens is 393 g/mol. The number of benzene rings is 1. The van der Waals surface area contributed by atoms with Gasteiger partial charge in [-0.3, -0.25) is 0 Å². The van der Waals surface area contributed by atoms with E-state index in [2.05, 4.69) is 58.7 Å². The van der Waals surface area contributed by atoms with Gasteiger partial charge in [-0.05, 0) is 63.5 Å². The van der Waals surface area contributed by atoms with Gasteiger partial charge < -0.3 is 9.74 Å². The van der Waals surface area contributed by atoms with Crippen molar-refractivity contribution in [3.05, 3.63) is 33.3 Å². The molecule has 0 aliphatic carbocycles. The zero-order valence-electron chi connectivity index (χ0n) is 17.9. The van der Waals surface area contributed by atoms with Gasteiger partial charge in [-0.2, -0.15) is 0 Å². The number of halogens is 2. The monoisotopic (exact) mass is 427 g/mol. The largest absolute Gasteiger partial charge is 0.409 e. The molecule has 152 valence electrons. The van der Waals surface area contributed by atoms with E-state index in [-0.39, 0.29) is 11.5 Å². The Hall–Kier alpha value is -0.503. The smallest absolute Gasteiger partial charge is 0.192 e. The van der Waals surface area contributed by atoms with Crippen LogP contribution in [0.1, 0.15) is 58.8 Å². The fraction of sp³-hybridized carbons (Fsp3) is 0.636. The third kappa shape index (κ3) is 7.79. The average molecular weight is 429 g/mol. The summed E-state index contributed by atoms with van der Waals surface area (Å²) in [4.78, 5) is 0. The van der Waals surface area contributed by atoms with E-state index in [0.717, 1.165) is 29.3 Å². The number of hydrogen-bond donors (Lipinski definition) is 1. The maximum atomic E-state index is 6.78. The molecule has 5 heteroatoms. The lowest BCUT2D eigenvalue weighted by atomic mass is 9.98. The predicted octanol–water partition coefficient (Wildman–Crippen LogP) is 7.00. The lowest BCUT2D eigenvalue weighted by Crippen LogP contribution is -2.40. The summed E-state index contributed by atoms with van der Waals surface area (Å²) in [5.74, 6) is 6.45. The summed E-state index contributed by atoms with van der Waals surface area (Å²) >= 11 is 13.2. The van der Waals surface area contributed by atoms with E-state index >= 15 is 0 Å². The molecule has 0 heterocycles. The maximum absolute atomic E-state index is 6.78. The first kappa shape index (κ1) is 24.5. The molecule has 0 aromatic heterocycles. The van der Waals surface area contributed by atoms with Gasteiger partial charge >= 0.3 is 0 Å². The van der Waals surface area contributed by atoms with Crippen LogP contribution < -0.4 is 5.32 Å². The zero-order chi connectivity index (χ0) is 20.7. The molecule has 1 atom stereocenters. The Labute approximate surface area is 177 Å². The third-order valence-corrected chi connectivity index (χ3v) is 10.2. The highest BCUT2D eigenvalue weighted by Gasteiger charge is 2.33. The number of nitrogens with one attached hydrogen (secondary N) is 1. The van der Waals surface area contributed by atoms with Crippen molar-refractivity contribution >= 4 is 31.5 Å². The molecular formula is C22H35Cl2NOSi. The maximum Gasteiger partial charge on any atom is 0.192 e. The summed E-state index contributed by atoms with van der Waals surface area (Å²) in [7, 11) is -1.81. The van der Waals surface area contributed by atoms with Crippen LogP contribution in [0, 0.1) is 24.2 Å². The van der Waals surface area contributed by atoms with Gasteiger partial charge in [0.05, 0.1) is 12.6 Å². The van der Waals surface area contributed by atoms with E-state index < -0.39 is 8.32 Å². The first-order valence-electron chi connectivity index (χ1n) is 9.91. The van der Waals surface area contributed by atoms with E-state index in [1.807, 2.05) is 19.1 Å². The SMILES string of the molecule is CC[Si](CC)(CC)OC(CNCC#CC(C)(C)C)c1c(Cl)cc(C)cc1Cl. The fourth-order valence-corrected chi connectivity index (χ4v) is 6.74. The quantitative estimate of drug-likeness (QED) is 0.260. The average Bonchev–Trinajstić information content (AvgIpc) is 2.57. The highest BCUT2D eigenvalue weighted by Crippen LogP contribution is 2.37. The Bertz CT molecular complexity index is 638. The fourth-order valence-electron chi connectivity index (χ4n) is 3.10. The van der Waals surface area contributed by atoms with E-state index in [9.17, 15) is 0 Å². The molecule has 2 nitrogen and oxygen atoms in total. The molecule has 1 N–H and O–H groups in total. The number of rotatable bonds is 9. The highest BCUT2D eigenvalue weighted by atomic mass is 35.5. The molecule has 0 spiro atoms. The van der Waals surface area contributed by atoms with Gasteiger partial charge in [-0.15, -0.1) is 0 Å². The van der Waals surface area contributed by atoms with Gasteiger partial charge in [0.2, 0.25) is 0 Å². The second-order valence-corrected chi connectivity index (χ2v) is 13.7. The van der Waals surface area contributed by atoms with Crippen LogP contribution in [-0.4, -0.2) is 21.4 Å². The molecule has 0 bridgehead atoms. The van der Waals surface area contributed by atoms with Gasteiger partial charge in [-0.25, -0.2) is 0 Å². The van der Waals surface area contributed by atoms with Crippen LogP contribution >= 0.6 is 23.2 Å². The van der Waals surface area contributed by atoms with Crippen LogP contribution in [0.5, 0.6) is 0 Å². The Morgan fingerprint density at radius 3 is 2.04 bits per heavy atom. The normalized spacial score (nSPS) is 13.2. The summed E-state index contributed by atoms with van der Waals surface area (Å²) in [6, 6.07) is 7.18. The Morgan fingerprint density at radius 1 is 1.07 bits per heavy atom. The number of aryl methyl sites for hydroxylation is 1. The van der Waals surface area contributed by atoms with Crippen molar-refractivity contribution in [3.63, 3.8) is 0 Å². The van der Waals surface area contributed by atoms with Crippen molar-refractivity contribution in [2.45, 2.75) is 72.7 Å². The molecule has 0 fully saturated rings. The molecule has 1 unspecified atom stereocenters. The molecule has 0 aliphatic heterocycles. The van der Waals surface area contributed by atoms with Crippen molar-refractivity contribution in [1.29, 1.82) is 0 Å². The van der Waals surface area contributed by atoms with E-state index in [4.69, 9.17) is 27.6 Å². The molecule has 1 rings (SSSR count). The minimum Gasteiger partial charge on any atom is -0.409 e. The first-order valence-corrected chi connectivity index (χ1v) is 13.2. The minimum absolute atomic E-state index is 0.00978. The summed E-state index contributed by atoms with van der Waals surface area (Å²) in [5.41, 5.74) is 1.96. The third-order valence-electron chi connectivity index (χ3n) is 4.88. The molecule has 27 heavy (non-hydrogen) atoms. The van der Waals surface area contributed by atoms with Gasteiger partial charge in [-0.1, -0.05) is 55.8 Å². The molecule has 0 saturated heterocycles. The van der Waals surface area contributed by atoms with Gasteiger partial charge in [0.25, 0.3) is 0 Å². The highest BCUT2D eigenvalue weighted by molar-refractivity contribution is 6.73. The summed E-state index contributed by atoms with van der Waals surface area (Å²) in [6.07, 6.45) is -0.159. The van der Waals surface area contributed by atoms with Gasteiger partial charge in [0, 0.05) is 27.6 Å². The summed E-state index contributed by atoms with van der Waals surface area (Å²) < 4.78 is 6.78. The first-order chi connectivity index (χ1) is 12.6. The second kappa shape index (κ2) is 10.9. The van der Waals surface area contributed by atoms with Crippen molar-refractivity contribution in [2.24, 2.45) is 5.41 Å². The van der Waals surface area contributed by atoms with Crippen LogP contribution in [0.25, 0.3) is 0 Å². The number of hydrogen-bond acceptors (Lipinski definition) is 2. The second-order valence-electron chi connectivity index (χ2n) is 8.18. The molecule has 0 radical (unpaired) electrons. The molecule has 1 aromatic rings. The zero-order valence-corrected chi connectivity index (χ0v) is 20.4. The Balaban J connectivity index is 3.08. The standard InChI is InChI=1S/C22H35Cl2NOSi/c1-8-27(9-2,10-3)26-20(16-25-13-11-12-22(5,6)7)21-18(23)14-17(4)15-19(21)24/h14-15,20,25H,8-10,13,16H2,1-7H3. The molecule has 0 amide bonds. The Morgan fingerprint density at radius 2 is 1.59 bits per heavy atom. The van der Waals surface area contributed by atoms with Crippen molar-refractivity contribution < 1.29 is 4.43 Å². The Kier molecular flexibility index (Phi) is 9.89. The van der Waals surface area contributed by atoms with Crippen molar-refractivity contribution in [2.75, 3.05) is 13.1 Å². The van der Waals surface area contributed by atoms with Crippen LogP contribution in [0.3, 0.4) is 0 Å². The van der Waals surface area contributed by atoms with Crippen LogP contribution in [-0.2, 0) is 4.43 Å². The summed E-state index contributed by atoms with van der Waals surface area (Å²) in [6.45, 7) is 16.3. The molecule has 0 saturated carbocycles.